The van der Waals surface area contributed by atoms with E-state index in [9.17, 15) is 18.8 Å². The van der Waals surface area contributed by atoms with Gasteiger partial charge in [-0.2, -0.15) is 0 Å². The molecule has 1 aliphatic heterocycles. The first-order valence-corrected chi connectivity index (χ1v) is 8.10. The molecule has 0 spiro atoms. The quantitative estimate of drug-likeness (QED) is 0.670. The van der Waals surface area contributed by atoms with E-state index in [0.29, 0.717) is 12.8 Å². The van der Waals surface area contributed by atoms with Crippen LogP contribution in [0.4, 0.5) is 10.1 Å². The van der Waals surface area contributed by atoms with Crippen LogP contribution >= 0.6 is 11.6 Å². The number of fused-ring (bicyclic) bond motifs is 1. The van der Waals surface area contributed by atoms with Crippen LogP contribution in [0.25, 0.3) is 0 Å². The number of carbonyl (C=O) groups excluding carboxylic acids is 3. The van der Waals surface area contributed by atoms with Crippen LogP contribution in [0.15, 0.2) is 30.4 Å². The fourth-order valence-electron chi connectivity index (χ4n) is 3.11. The van der Waals surface area contributed by atoms with E-state index in [0.717, 1.165) is 11.0 Å². The van der Waals surface area contributed by atoms with Crippen molar-refractivity contribution in [1.82, 2.24) is 4.90 Å². The van der Waals surface area contributed by atoms with Gasteiger partial charge in [0.1, 0.15) is 5.82 Å². The zero-order valence-electron chi connectivity index (χ0n) is 12.8. The highest BCUT2D eigenvalue weighted by Crippen LogP contribution is 2.35. The van der Waals surface area contributed by atoms with Crippen molar-refractivity contribution in [2.75, 3.05) is 11.9 Å². The molecule has 1 heterocycles. The van der Waals surface area contributed by atoms with E-state index in [2.05, 4.69) is 5.32 Å². The van der Waals surface area contributed by atoms with E-state index in [1.807, 2.05) is 12.2 Å². The summed E-state index contributed by atoms with van der Waals surface area (Å²) in [5, 5.41) is 2.65. The maximum atomic E-state index is 13.7. The van der Waals surface area contributed by atoms with Gasteiger partial charge in [-0.3, -0.25) is 19.3 Å². The van der Waals surface area contributed by atoms with E-state index in [4.69, 9.17) is 11.6 Å². The van der Waals surface area contributed by atoms with E-state index < -0.39 is 11.7 Å². The Balaban J connectivity index is 1.58. The average molecular weight is 351 g/mol. The minimum absolute atomic E-state index is 0.00566. The molecule has 1 aromatic carbocycles. The summed E-state index contributed by atoms with van der Waals surface area (Å²) in [6.45, 7) is 0.00566. The second-order valence-corrected chi connectivity index (χ2v) is 6.34. The molecule has 1 aromatic rings. The van der Waals surface area contributed by atoms with Gasteiger partial charge in [0.15, 0.2) is 0 Å². The Morgan fingerprint density at radius 3 is 2.42 bits per heavy atom. The Bertz CT molecular complexity index is 709. The molecule has 0 bridgehead atoms. The van der Waals surface area contributed by atoms with Gasteiger partial charge in [0.25, 0.3) is 0 Å². The Kier molecular flexibility index (Phi) is 4.66. The summed E-state index contributed by atoms with van der Waals surface area (Å²) in [5.41, 5.74) is 0.0151. The molecule has 24 heavy (non-hydrogen) atoms. The van der Waals surface area contributed by atoms with Crippen LogP contribution < -0.4 is 5.32 Å². The molecule has 7 heteroatoms. The highest BCUT2D eigenvalue weighted by Gasteiger charge is 2.46. The molecule has 2 aliphatic rings. The van der Waals surface area contributed by atoms with Crippen molar-refractivity contribution in [3.05, 3.63) is 41.2 Å². The first-order valence-electron chi connectivity index (χ1n) is 7.72. The second-order valence-electron chi connectivity index (χ2n) is 5.91. The maximum absolute atomic E-state index is 13.7. The van der Waals surface area contributed by atoms with Crippen molar-refractivity contribution in [2.45, 2.75) is 19.3 Å². The van der Waals surface area contributed by atoms with Crippen LogP contribution in [0.2, 0.25) is 5.02 Å². The molecule has 1 fully saturated rings. The molecule has 3 rings (SSSR count). The lowest BCUT2D eigenvalue weighted by Gasteiger charge is -2.14. The van der Waals surface area contributed by atoms with E-state index in [1.165, 1.54) is 12.1 Å². The number of allylic oxidation sites excluding steroid dienone is 2. The smallest absolute Gasteiger partial charge is 0.233 e. The zero-order valence-corrected chi connectivity index (χ0v) is 13.6. The van der Waals surface area contributed by atoms with Crippen LogP contribution in [0.3, 0.4) is 0 Å². The first kappa shape index (κ1) is 16.6. The Morgan fingerprint density at radius 1 is 1.21 bits per heavy atom. The average Bonchev–Trinajstić information content (AvgIpc) is 2.80. The van der Waals surface area contributed by atoms with Gasteiger partial charge in [0, 0.05) is 18.0 Å². The largest absolute Gasteiger partial charge is 0.324 e. The summed E-state index contributed by atoms with van der Waals surface area (Å²) >= 11 is 5.65. The Labute approximate surface area is 143 Å². The zero-order chi connectivity index (χ0) is 17.3. The third-order valence-electron chi connectivity index (χ3n) is 4.37. The number of hydrogen-bond acceptors (Lipinski definition) is 3. The fourth-order valence-corrected chi connectivity index (χ4v) is 3.27. The van der Waals surface area contributed by atoms with Crippen molar-refractivity contribution in [3.63, 3.8) is 0 Å². The number of amides is 3. The predicted molar refractivity (Wildman–Crippen MR) is 86.7 cm³/mol. The standard InChI is InChI=1S/C17H16ClFN2O3/c18-10-5-6-14(13(19)9-10)20-15(22)7-8-21-16(23)11-3-1-2-4-12(11)17(21)24/h1-2,5-6,9,11-12H,3-4,7-8H2,(H,20,22)/t11-,12-/m1/s1. The number of hydrogen-bond donors (Lipinski definition) is 1. The molecule has 1 N–H and O–H groups in total. The van der Waals surface area contributed by atoms with Crippen molar-refractivity contribution in [1.29, 1.82) is 0 Å². The molecular formula is C17H16ClFN2O3. The van der Waals surface area contributed by atoms with Gasteiger partial charge in [-0.15, -0.1) is 0 Å². The molecule has 5 nitrogen and oxygen atoms in total. The van der Waals surface area contributed by atoms with Crippen molar-refractivity contribution < 1.29 is 18.8 Å². The van der Waals surface area contributed by atoms with Gasteiger partial charge in [-0.25, -0.2) is 4.39 Å². The van der Waals surface area contributed by atoms with Gasteiger partial charge in [0.2, 0.25) is 17.7 Å². The lowest BCUT2D eigenvalue weighted by atomic mass is 9.85. The van der Waals surface area contributed by atoms with Crippen molar-refractivity contribution >= 4 is 35.0 Å². The van der Waals surface area contributed by atoms with E-state index in [-0.39, 0.29) is 47.3 Å². The molecule has 2 atom stereocenters. The van der Waals surface area contributed by atoms with Crippen LogP contribution in [0.1, 0.15) is 19.3 Å². The van der Waals surface area contributed by atoms with Gasteiger partial charge in [-0.05, 0) is 31.0 Å². The highest BCUT2D eigenvalue weighted by molar-refractivity contribution is 6.30. The maximum Gasteiger partial charge on any atom is 0.233 e. The van der Waals surface area contributed by atoms with Gasteiger partial charge < -0.3 is 5.32 Å². The summed E-state index contributed by atoms with van der Waals surface area (Å²) in [4.78, 5) is 37.7. The number of nitrogens with one attached hydrogen (secondary N) is 1. The van der Waals surface area contributed by atoms with Crippen LogP contribution in [0, 0.1) is 17.7 Å². The van der Waals surface area contributed by atoms with E-state index in [1.54, 1.807) is 0 Å². The summed E-state index contributed by atoms with van der Waals surface area (Å²) < 4.78 is 13.7. The topological polar surface area (TPSA) is 66.5 Å². The SMILES string of the molecule is O=C(CCN1C(=O)[C@@H]2CC=CC[C@H]2C1=O)Nc1ccc(Cl)cc1F. The Morgan fingerprint density at radius 2 is 1.83 bits per heavy atom. The number of rotatable bonds is 4. The molecule has 0 saturated carbocycles. The molecule has 1 aliphatic carbocycles. The molecule has 0 radical (unpaired) electrons. The number of likely N-dealkylation sites (tertiary alicyclic amines) is 1. The summed E-state index contributed by atoms with van der Waals surface area (Å²) in [7, 11) is 0. The highest BCUT2D eigenvalue weighted by atomic mass is 35.5. The molecule has 1 saturated heterocycles. The number of imide groups is 1. The lowest BCUT2D eigenvalue weighted by Crippen LogP contribution is -2.34. The van der Waals surface area contributed by atoms with Gasteiger partial charge in [-0.1, -0.05) is 23.8 Å². The Hall–Kier alpha value is -2.21. The number of anilines is 1. The first-order chi connectivity index (χ1) is 11.5. The number of nitrogens with zero attached hydrogens (tertiary/aromatic N) is 1. The third-order valence-corrected chi connectivity index (χ3v) is 4.60. The van der Waals surface area contributed by atoms with Crippen molar-refractivity contribution in [2.24, 2.45) is 11.8 Å². The van der Waals surface area contributed by atoms with Gasteiger partial charge in [0.05, 0.1) is 17.5 Å². The number of halogens is 2. The minimum Gasteiger partial charge on any atom is -0.324 e. The van der Waals surface area contributed by atoms with Crippen LogP contribution in [-0.2, 0) is 14.4 Å². The minimum atomic E-state index is -0.638. The van der Waals surface area contributed by atoms with E-state index >= 15 is 0 Å². The van der Waals surface area contributed by atoms with Crippen LogP contribution in [0.5, 0.6) is 0 Å². The summed E-state index contributed by atoms with van der Waals surface area (Å²) in [5.74, 6) is -2.16. The van der Waals surface area contributed by atoms with Crippen molar-refractivity contribution in [3.8, 4) is 0 Å². The lowest BCUT2D eigenvalue weighted by molar-refractivity contribution is -0.140. The molecule has 3 amide bonds. The monoisotopic (exact) mass is 350 g/mol. The number of benzene rings is 1. The molecule has 0 aromatic heterocycles. The van der Waals surface area contributed by atoms with Gasteiger partial charge >= 0.3 is 0 Å². The predicted octanol–water partition coefficient (Wildman–Crippen LogP) is 2.76. The summed E-state index contributed by atoms with van der Waals surface area (Å²) in [6, 6.07) is 3.93. The molecule has 126 valence electrons. The number of carbonyl (C=O) groups is 3. The summed E-state index contributed by atoms with van der Waals surface area (Å²) in [6.07, 6.45) is 4.87. The third kappa shape index (κ3) is 3.19. The molecular weight excluding hydrogens is 335 g/mol. The fraction of sp³-hybridized carbons (Fsp3) is 0.353. The molecule has 0 unspecified atom stereocenters. The van der Waals surface area contributed by atoms with Crippen LogP contribution in [-0.4, -0.2) is 29.2 Å². The second kappa shape index (κ2) is 6.73. The normalized spacial score (nSPS) is 22.7.